The minimum atomic E-state index is -0.951. The maximum Gasteiger partial charge on any atom is 0.335 e. The number of aryl methyl sites for hydroxylation is 1. The Morgan fingerprint density at radius 1 is 1.50 bits per heavy atom. The number of carbonyl (C=O) groups is 1. The van der Waals surface area contributed by atoms with Gasteiger partial charge < -0.3 is 10.0 Å². The van der Waals surface area contributed by atoms with Crippen LogP contribution in [0.25, 0.3) is 0 Å². The molecule has 0 fully saturated rings. The number of hydrogen-bond acceptors (Lipinski definition) is 4. The van der Waals surface area contributed by atoms with Crippen LogP contribution in [0.15, 0.2) is 12.1 Å². The van der Waals surface area contributed by atoms with Crippen LogP contribution in [0.4, 0.5) is 5.82 Å². The molecule has 0 spiro atoms. The minimum absolute atomic E-state index is 0.248. The zero-order valence-electron chi connectivity index (χ0n) is 12.3. The zero-order chi connectivity index (χ0) is 15.1. The number of hydrogen-bond donors (Lipinski definition) is 1. The number of pyridine rings is 1. The molecule has 20 heavy (non-hydrogen) atoms. The maximum absolute atomic E-state index is 11.2. The van der Waals surface area contributed by atoms with Crippen molar-refractivity contribution in [3.63, 3.8) is 0 Å². The second-order valence-corrected chi connectivity index (χ2v) is 5.11. The molecule has 0 atom stereocenters. The lowest BCUT2D eigenvalue weighted by atomic mass is 10.1. The van der Waals surface area contributed by atoms with E-state index in [9.17, 15) is 9.90 Å². The van der Waals surface area contributed by atoms with Crippen molar-refractivity contribution < 1.29 is 9.90 Å². The topological polar surface area (TPSA) is 77.2 Å². The first-order valence-corrected chi connectivity index (χ1v) is 6.84. The molecule has 1 rings (SSSR count). The van der Waals surface area contributed by atoms with Crippen LogP contribution >= 0.6 is 0 Å². The first-order chi connectivity index (χ1) is 9.47. The molecule has 5 nitrogen and oxygen atoms in total. The van der Waals surface area contributed by atoms with Crippen molar-refractivity contribution in [2.75, 3.05) is 18.0 Å². The molecule has 0 radical (unpaired) electrons. The van der Waals surface area contributed by atoms with Crippen LogP contribution in [0.3, 0.4) is 0 Å². The van der Waals surface area contributed by atoms with Gasteiger partial charge in [0.25, 0.3) is 0 Å². The van der Waals surface area contributed by atoms with Crippen molar-refractivity contribution in [1.29, 1.82) is 5.26 Å². The van der Waals surface area contributed by atoms with E-state index in [1.807, 2.05) is 11.8 Å². The number of aromatic nitrogens is 1. The molecule has 0 aliphatic rings. The lowest BCUT2D eigenvalue weighted by molar-refractivity contribution is 0.0696. The van der Waals surface area contributed by atoms with Crippen LogP contribution in [-0.4, -0.2) is 29.1 Å². The van der Waals surface area contributed by atoms with E-state index in [4.69, 9.17) is 5.26 Å². The highest BCUT2D eigenvalue weighted by molar-refractivity contribution is 5.88. The monoisotopic (exact) mass is 275 g/mol. The average molecular weight is 275 g/mol. The Labute approximate surface area is 119 Å². The smallest absolute Gasteiger partial charge is 0.335 e. The predicted molar refractivity (Wildman–Crippen MR) is 77.9 cm³/mol. The van der Waals surface area contributed by atoms with Gasteiger partial charge in [0.2, 0.25) is 0 Å². The third kappa shape index (κ3) is 4.54. The van der Waals surface area contributed by atoms with Gasteiger partial charge in [0, 0.05) is 18.8 Å². The zero-order valence-corrected chi connectivity index (χ0v) is 12.3. The van der Waals surface area contributed by atoms with Crippen molar-refractivity contribution in [2.24, 2.45) is 5.92 Å². The summed E-state index contributed by atoms with van der Waals surface area (Å²) in [6.07, 6.45) is 1.08. The first kappa shape index (κ1) is 16.0. The summed E-state index contributed by atoms with van der Waals surface area (Å²) in [4.78, 5) is 17.7. The van der Waals surface area contributed by atoms with Gasteiger partial charge in [0.05, 0.1) is 18.1 Å². The molecule has 0 aliphatic heterocycles. The van der Waals surface area contributed by atoms with E-state index in [0.29, 0.717) is 31.1 Å². The maximum atomic E-state index is 11.2. The summed E-state index contributed by atoms with van der Waals surface area (Å²) in [5.74, 6) is 0.105. The number of nitriles is 1. The summed E-state index contributed by atoms with van der Waals surface area (Å²) in [6, 6.07) is 5.31. The molecule has 1 heterocycles. The van der Waals surface area contributed by atoms with E-state index in [1.165, 1.54) is 0 Å². The van der Waals surface area contributed by atoms with Crippen molar-refractivity contribution in [1.82, 2.24) is 4.98 Å². The van der Waals surface area contributed by atoms with E-state index < -0.39 is 5.97 Å². The van der Waals surface area contributed by atoms with Gasteiger partial charge in [-0.15, -0.1) is 0 Å². The fourth-order valence-electron chi connectivity index (χ4n) is 1.96. The van der Waals surface area contributed by atoms with Gasteiger partial charge in [-0.2, -0.15) is 5.26 Å². The molecule has 1 aromatic rings. The number of carboxylic acid groups (broad SMARTS) is 1. The predicted octanol–water partition coefficient (Wildman–Crippen LogP) is 2.72. The lowest BCUT2D eigenvalue weighted by Gasteiger charge is -2.25. The fraction of sp³-hybridized carbons (Fsp3) is 0.533. The van der Waals surface area contributed by atoms with Gasteiger partial charge in [-0.25, -0.2) is 9.78 Å². The third-order valence-electron chi connectivity index (χ3n) is 2.88. The summed E-state index contributed by atoms with van der Waals surface area (Å²) in [5, 5.41) is 17.9. The van der Waals surface area contributed by atoms with Gasteiger partial charge in [-0.3, -0.25) is 0 Å². The second-order valence-electron chi connectivity index (χ2n) is 5.11. The molecule has 108 valence electrons. The summed E-state index contributed by atoms with van der Waals surface area (Å²) in [6.45, 7) is 7.43. The van der Waals surface area contributed by atoms with Crippen LogP contribution < -0.4 is 4.90 Å². The standard InChI is InChI=1S/C15H21N3O2/c1-4-13-8-12(15(19)20)9-14(17-13)18(7-5-6-16)10-11(2)3/h8-9,11H,4-5,7,10H2,1-3H3,(H,19,20). The van der Waals surface area contributed by atoms with Crippen molar-refractivity contribution in [3.05, 3.63) is 23.4 Å². The highest BCUT2D eigenvalue weighted by Gasteiger charge is 2.14. The van der Waals surface area contributed by atoms with Gasteiger partial charge >= 0.3 is 5.97 Å². The minimum Gasteiger partial charge on any atom is -0.478 e. The summed E-state index contributed by atoms with van der Waals surface area (Å²) in [5.41, 5.74) is 1.00. The summed E-state index contributed by atoms with van der Waals surface area (Å²) < 4.78 is 0. The Bertz CT molecular complexity index is 506. The number of carboxylic acids is 1. The van der Waals surface area contributed by atoms with Crippen LogP contribution in [-0.2, 0) is 6.42 Å². The average Bonchev–Trinajstić information content (AvgIpc) is 2.42. The van der Waals surface area contributed by atoms with Crippen LogP contribution in [0, 0.1) is 17.2 Å². The summed E-state index contributed by atoms with van der Waals surface area (Å²) >= 11 is 0. The molecular weight excluding hydrogens is 254 g/mol. The van der Waals surface area contributed by atoms with E-state index in [0.717, 1.165) is 12.2 Å². The largest absolute Gasteiger partial charge is 0.478 e. The van der Waals surface area contributed by atoms with Crippen LogP contribution in [0.2, 0.25) is 0 Å². The first-order valence-electron chi connectivity index (χ1n) is 6.84. The van der Waals surface area contributed by atoms with E-state index in [1.54, 1.807) is 12.1 Å². The Morgan fingerprint density at radius 2 is 2.20 bits per heavy atom. The molecule has 0 aromatic carbocycles. The quantitative estimate of drug-likeness (QED) is 0.827. The lowest BCUT2D eigenvalue weighted by Crippen LogP contribution is -2.29. The van der Waals surface area contributed by atoms with Gasteiger partial charge in [0.15, 0.2) is 0 Å². The molecule has 1 N–H and O–H groups in total. The van der Waals surface area contributed by atoms with E-state index >= 15 is 0 Å². The number of rotatable bonds is 7. The Hall–Kier alpha value is -2.09. The van der Waals surface area contributed by atoms with E-state index in [2.05, 4.69) is 24.9 Å². The molecule has 5 heteroatoms. The number of anilines is 1. The van der Waals surface area contributed by atoms with E-state index in [-0.39, 0.29) is 5.56 Å². The molecule has 1 aromatic heterocycles. The Morgan fingerprint density at radius 3 is 2.70 bits per heavy atom. The van der Waals surface area contributed by atoms with Crippen molar-refractivity contribution >= 4 is 11.8 Å². The number of nitrogens with zero attached hydrogens (tertiary/aromatic N) is 3. The fourth-order valence-corrected chi connectivity index (χ4v) is 1.96. The molecule has 0 saturated carbocycles. The van der Waals surface area contributed by atoms with Gasteiger partial charge in [0.1, 0.15) is 5.82 Å². The van der Waals surface area contributed by atoms with Crippen molar-refractivity contribution in [2.45, 2.75) is 33.6 Å². The van der Waals surface area contributed by atoms with Gasteiger partial charge in [-0.1, -0.05) is 20.8 Å². The van der Waals surface area contributed by atoms with Crippen LogP contribution in [0.5, 0.6) is 0 Å². The highest BCUT2D eigenvalue weighted by Crippen LogP contribution is 2.18. The molecular formula is C15H21N3O2. The molecule has 0 bridgehead atoms. The number of aromatic carboxylic acids is 1. The Kier molecular flexibility index (Phi) is 5.98. The molecule has 0 unspecified atom stereocenters. The van der Waals surface area contributed by atoms with Gasteiger partial charge in [-0.05, 0) is 24.5 Å². The SMILES string of the molecule is CCc1cc(C(=O)O)cc(N(CCC#N)CC(C)C)n1. The second kappa shape index (κ2) is 7.49. The normalized spacial score (nSPS) is 10.3. The summed E-state index contributed by atoms with van der Waals surface area (Å²) in [7, 11) is 0. The third-order valence-corrected chi connectivity index (χ3v) is 2.88. The Balaban J connectivity index is 3.13. The molecule has 0 aliphatic carbocycles. The highest BCUT2D eigenvalue weighted by atomic mass is 16.4. The molecule has 0 saturated heterocycles. The van der Waals surface area contributed by atoms with Crippen molar-refractivity contribution in [3.8, 4) is 6.07 Å². The molecule has 0 amide bonds. The van der Waals surface area contributed by atoms with Crippen LogP contribution in [0.1, 0.15) is 43.2 Å².